The standard InChI is InChI=1S/C10H20O3/c1-9(2,3)8(12)13-10(4,5)6-7-11/h11H,6-7H2,1-5H3. The molecule has 13 heavy (non-hydrogen) atoms. The fraction of sp³-hybridized carbons (Fsp3) is 0.900. The highest BCUT2D eigenvalue weighted by Crippen LogP contribution is 2.22. The molecule has 0 amide bonds. The summed E-state index contributed by atoms with van der Waals surface area (Å²) in [5, 5.41) is 8.73. The van der Waals surface area contributed by atoms with E-state index in [1.807, 2.05) is 20.8 Å². The lowest BCUT2D eigenvalue weighted by molar-refractivity contribution is -0.167. The van der Waals surface area contributed by atoms with E-state index < -0.39 is 11.0 Å². The lowest BCUT2D eigenvalue weighted by atomic mass is 9.96. The van der Waals surface area contributed by atoms with Crippen molar-refractivity contribution in [3.8, 4) is 0 Å². The summed E-state index contributed by atoms with van der Waals surface area (Å²) >= 11 is 0. The Kier molecular flexibility index (Phi) is 3.91. The Balaban J connectivity index is 4.20. The van der Waals surface area contributed by atoms with Gasteiger partial charge < -0.3 is 9.84 Å². The van der Waals surface area contributed by atoms with Crippen LogP contribution in [0.15, 0.2) is 0 Å². The van der Waals surface area contributed by atoms with Crippen molar-refractivity contribution < 1.29 is 14.6 Å². The topological polar surface area (TPSA) is 46.5 Å². The van der Waals surface area contributed by atoms with Gasteiger partial charge in [-0.25, -0.2) is 0 Å². The molecule has 0 aromatic heterocycles. The van der Waals surface area contributed by atoms with Gasteiger partial charge in [0.15, 0.2) is 0 Å². The van der Waals surface area contributed by atoms with Gasteiger partial charge in [0.2, 0.25) is 0 Å². The van der Waals surface area contributed by atoms with Crippen molar-refractivity contribution in [3.05, 3.63) is 0 Å². The average Bonchev–Trinajstić information content (AvgIpc) is 1.83. The predicted molar refractivity (Wildman–Crippen MR) is 51.3 cm³/mol. The Labute approximate surface area is 80.1 Å². The Morgan fingerprint density at radius 3 is 2.00 bits per heavy atom. The van der Waals surface area contributed by atoms with Gasteiger partial charge in [0.25, 0.3) is 0 Å². The quantitative estimate of drug-likeness (QED) is 0.686. The van der Waals surface area contributed by atoms with Gasteiger partial charge in [-0.15, -0.1) is 0 Å². The summed E-state index contributed by atoms with van der Waals surface area (Å²) in [6, 6.07) is 0. The van der Waals surface area contributed by atoms with Crippen molar-refractivity contribution in [2.75, 3.05) is 6.61 Å². The van der Waals surface area contributed by atoms with Gasteiger partial charge in [-0.2, -0.15) is 0 Å². The van der Waals surface area contributed by atoms with Crippen LogP contribution in [0.25, 0.3) is 0 Å². The minimum Gasteiger partial charge on any atom is -0.459 e. The van der Waals surface area contributed by atoms with Crippen molar-refractivity contribution in [1.29, 1.82) is 0 Å². The largest absolute Gasteiger partial charge is 0.459 e. The zero-order valence-electron chi connectivity index (χ0n) is 9.18. The number of ether oxygens (including phenoxy) is 1. The average molecular weight is 188 g/mol. The third-order valence-corrected chi connectivity index (χ3v) is 1.70. The van der Waals surface area contributed by atoms with Crippen LogP contribution in [0.2, 0.25) is 0 Å². The molecule has 0 bridgehead atoms. The number of hydrogen-bond donors (Lipinski definition) is 1. The highest BCUT2D eigenvalue weighted by Gasteiger charge is 2.29. The maximum Gasteiger partial charge on any atom is 0.311 e. The molecule has 0 aliphatic heterocycles. The summed E-state index contributed by atoms with van der Waals surface area (Å²) in [4.78, 5) is 11.5. The Hall–Kier alpha value is -0.570. The molecule has 0 rings (SSSR count). The van der Waals surface area contributed by atoms with Gasteiger partial charge in [0, 0.05) is 13.0 Å². The normalized spacial score (nSPS) is 12.8. The summed E-state index contributed by atoms with van der Waals surface area (Å²) < 4.78 is 5.24. The first-order valence-corrected chi connectivity index (χ1v) is 4.53. The summed E-state index contributed by atoms with van der Waals surface area (Å²) in [5.74, 6) is -0.231. The molecule has 0 spiro atoms. The van der Waals surface area contributed by atoms with Gasteiger partial charge in [-0.1, -0.05) is 0 Å². The van der Waals surface area contributed by atoms with Crippen molar-refractivity contribution in [2.45, 2.75) is 46.6 Å². The molecule has 0 aliphatic carbocycles. The minimum absolute atomic E-state index is 0.0322. The van der Waals surface area contributed by atoms with Gasteiger partial charge in [0.1, 0.15) is 5.60 Å². The van der Waals surface area contributed by atoms with Crippen molar-refractivity contribution in [1.82, 2.24) is 0 Å². The second-order valence-corrected chi connectivity index (χ2v) is 4.87. The van der Waals surface area contributed by atoms with Crippen LogP contribution < -0.4 is 0 Å². The second kappa shape index (κ2) is 4.09. The molecule has 0 aromatic carbocycles. The molecule has 0 heterocycles. The summed E-state index contributed by atoms with van der Waals surface area (Å²) in [6.45, 7) is 9.06. The SMILES string of the molecule is CC(C)(CCO)OC(=O)C(C)(C)C. The molecule has 1 N–H and O–H groups in total. The molecular formula is C10H20O3. The van der Waals surface area contributed by atoms with E-state index in [9.17, 15) is 4.79 Å². The van der Waals surface area contributed by atoms with Crippen LogP contribution in [-0.4, -0.2) is 23.3 Å². The monoisotopic (exact) mass is 188 g/mol. The second-order valence-electron chi connectivity index (χ2n) is 4.87. The molecule has 0 saturated carbocycles. The Morgan fingerprint density at radius 2 is 1.69 bits per heavy atom. The molecule has 3 nitrogen and oxygen atoms in total. The van der Waals surface area contributed by atoms with Crippen molar-refractivity contribution in [2.24, 2.45) is 5.41 Å². The number of carbonyl (C=O) groups is 1. The lowest BCUT2D eigenvalue weighted by Gasteiger charge is -2.28. The predicted octanol–water partition coefficient (Wildman–Crippen LogP) is 1.74. The number of rotatable bonds is 3. The number of aliphatic hydroxyl groups excluding tert-OH is 1. The Morgan fingerprint density at radius 1 is 1.23 bits per heavy atom. The number of esters is 1. The molecule has 0 radical (unpaired) electrons. The Bertz CT molecular complexity index is 177. The van der Waals surface area contributed by atoms with E-state index in [1.54, 1.807) is 13.8 Å². The molecule has 0 atom stereocenters. The molecule has 78 valence electrons. The molecule has 3 heteroatoms. The van der Waals surface area contributed by atoms with Gasteiger partial charge in [-0.3, -0.25) is 4.79 Å². The summed E-state index contributed by atoms with van der Waals surface area (Å²) in [6.07, 6.45) is 0.467. The highest BCUT2D eigenvalue weighted by molar-refractivity contribution is 5.75. The number of hydrogen-bond acceptors (Lipinski definition) is 3. The minimum atomic E-state index is -0.570. The number of carbonyl (C=O) groups excluding carboxylic acids is 1. The molecule has 0 unspecified atom stereocenters. The van der Waals surface area contributed by atoms with E-state index in [4.69, 9.17) is 9.84 Å². The third-order valence-electron chi connectivity index (χ3n) is 1.70. The first-order valence-electron chi connectivity index (χ1n) is 4.53. The molecular weight excluding hydrogens is 168 g/mol. The zero-order chi connectivity index (χ0) is 10.7. The van der Waals surface area contributed by atoms with Crippen molar-refractivity contribution >= 4 is 5.97 Å². The van der Waals surface area contributed by atoms with Crippen LogP contribution in [0.5, 0.6) is 0 Å². The maximum atomic E-state index is 11.5. The van der Waals surface area contributed by atoms with E-state index in [1.165, 1.54) is 0 Å². The van der Waals surface area contributed by atoms with Gasteiger partial charge in [-0.05, 0) is 34.6 Å². The molecule has 0 saturated heterocycles. The van der Waals surface area contributed by atoms with Crippen LogP contribution >= 0.6 is 0 Å². The fourth-order valence-corrected chi connectivity index (χ4v) is 0.724. The number of aliphatic hydroxyl groups is 1. The van der Waals surface area contributed by atoms with Crippen LogP contribution in [0.3, 0.4) is 0 Å². The summed E-state index contributed by atoms with van der Waals surface area (Å²) in [5.41, 5.74) is -1.05. The molecule has 0 aliphatic rings. The van der Waals surface area contributed by atoms with Crippen LogP contribution in [0.4, 0.5) is 0 Å². The molecule has 0 fully saturated rings. The fourth-order valence-electron chi connectivity index (χ4n) is 0.724. The smallest absolute Gasteiger partial charge is 0.311 e. The van der Waals surface area contributed by atoms with Crippen LogP contribution in [-0.2, 0) is 9.53 Å². The van der Waals surface area contributed by atoms with E-state index in [0.29, 0.717) is 6.42 Å². The van der Waals surface area contributed by atoms with E-state index in [0.717, 1.165) is 0 Å². The molecule has 0 aromatic rings. The highest BCUT2D eigenvalue weighted by atomic mass is 16.6. The maximum absolute atomic E-state index is 11.5. The van der Waals surface area contributed by atoms with Gasteiger partial charge >= 0.3 is 5.97 Å². The zero-order valence-corrected chi connectivity index (χ0v) is 9.18. The van der Waals surface area contributed by atoms with Crippen LogP contribution in [0.1, 0.15) is 41.0 Å². The summed E-state index contributed by atoms with van der Waals surface area (Å²) in [7, 11) is 0. The van der Waals surface area contributed by atoms with Gasteiger partial charge in [0.05, 0.1) is 5.41 Å². The van der Waals surface area contributed by atoms with Crippen molar-refractivity contribution in [3.63, 3.8) is 0 Å². The van der Waals surface area contributed by atoms with Crippen LogP contribution in [0, 0.1) is 5.41 Å². The van der Waals surface area contributed by atoms with E-state index in [2.05, 4.69) is 0 Å². The van der Waals surface area contributed by atoms with E-state index >= 15 is 0 Å². The van der Waals surface area contributed by atoms with E-state index in [-0.39, 0.29) is 12.6 Å². The first-order chi connectivity index (χ1) is 5.69. The first kappa shape index (κ1) is 12.4. The lowest BCUT2D eigenvalue weighted by Crippen LogP contribution is -2.34. The third kappa shape index (κ3) is 4.88.